The van der Waals surface area contributed by atoms with Gasteiger partial charge in [-0.1, -0.05) is 23.7 Å². The van der Waals surface area contributed by atoms with Gasteiger partial charge in [-0.3, -0.25) is 0 Å². The lowest BCUT2D eigenvalue weighted by molar-refractivity contribution is 0.785. The van der Waals surface area contributed by atoms with Crippen LogP contribution in [0, 0.1) is 6.92 Å². The molecule has 3 aromatic rings. The molecule has 96 valence electrons. The van der Waals surface area contributed by atoms with E-state index in [1.54, 1.807) is 6.20 Å². The Morgan fingerprint density at radius 1 is 1.21 bits per heavy atom. The summed E-state index contributed by atoms with van der Waals surface area (Å²) in [5.41, 5.74) is 9.35. The second kappa shape index (κ2) is 4.55. The Morgan fingerprint density at radius 2 is 1.95 bits per heavy atom. The van der Waals surface area contributed by atoms with Crippen LogP contribution in [0.15, 0.2) is 36.5 Å². The summed E-state index contributed by atoms with van der Waals surface area (Å²) in [6.07, 6.45) is 1.67. The average molecular weight is 273 g/mol. The van der Waals surface area contributed by atoms with Crippen LogP contribution in [0.1, 0.15) is 11.4 Å². The Hall–Kier alpha value is -2.07. The third kappa shape index (κ3) is 2.15. The fraction of sp³-hybridized carbons (Fsp3) is 0.143. The minimum Gasteiger partial charge on any atom is -0.399 e. The zero-order chi connectivity index (χ0) is 13.4. The van der Waals surface area contributed by atoms with E-state index in [-0.39, 0.29) is 0 Å². The third-order valence-electron chi connectivity index (χ3n) is 3.12. The Morgan fingerprint density at radius 3 is 2.68 bits per heavy atom. The second-order valence-corrected chi connectivity index (χ2v) is 4.81. The van der Waals surface area contributed by atoms with Crippen molar-refractivity contribution in [2.75, 3.05) is 5.73 Å². The van der Waals surface area contributed by atoms with Gasteiger partial charge in [-0.25, -0.2) is 9.97 Å². The monoisotopic (exact) mass is 272 g/mol. The molecule has 0 fully saturated rings. The van der Waals surface area contributed by atoms with E-state index in [0.29, 0.717) is 11.7 Å². The largest absolute Gasteiger partial charge is 0.399 e. The first kappa shape index (κ1) is 12.0. The van der Waals surface area contributed by atoms with Crippen LogP contribution in [-0.2, 0) is 6.54 Å². The maximum Gasteiger partial charge on any atom is 0.154 e. The molecule has 2 N–H and O–H groups in total. The number of anilines is 1. The number of pyridine rings is 1. The van der Waals surface area contributed by atoms with Crippen molar-refractivity contribution >= 4 is 28.3 Å². The van der Waals surface area contributed by atoms with E-state index >= 15 is 0 Å². The lowest BCUT2D eigenvalue weighted by Crippen LogP contribution is -2.02. The SMILES string of the molecule is Cc1nc2ccnc(Cl)c2n1Cc1ccc(N)cc1. The summed E-state index contributed by atoms with van der Waals surface area (Å²) >= 11 is 6.18. The first-order valence-corrected chi connectivity index (χ1v) is 6.35. The molecule has 1 aromatic carbocycles. The van der Waals surface area contributed by atoms with Gasteiger partial charge >= 0.3 is 0 Å². The van der Waals surface area contributed by atoms with E-state index < -0.39 is 0 Å². The summed E-state index contributed by atoms with van der Waals surface area (Å²) in [5, 5.41) is 0.480. The molecule has 0 spiro atoms. The van der Waals surface area contributed by atoms with Gasteiger partial charge in [-0.05, 0) is 30.7 Å². The Balaban J connectivity index is 2.09. The molecule has 0 aliphatic heterocycles. The van der Waals surface area contributed by atoms with Gasteiger partial charge in [0, 0.05) is 18.4 Å². The number of nitrogen functional groups attached to an aromatic ring is 1. The van der Waals surface area contributed by atoms with Gasteiger partial charge in [0.05, 0.1) is 5.52 Å². The van der Waals surface area contributed by atoms with Gasteiger partial charge in [0.25, 0.3) is 0 Å². The molecule has 0 saturated carbocycles. The lowest BCUT2D eigenvalue weighted by atomic mass is 10.2. The number of imidazole rings is 1. The molecule has 0 radical (unpaired) electrons. The highest BCUT2D eigenvalue weighted by Crippen LogP contribution is 2.23. The lowest BCUT2D eigenvalue weighted by Gasteiger charge is -2.08. The van der Waals surface area contributed by atoms with Crippen molar-refractivity contribution in [1.82, 2.24) is 14.5 Å². The van der Waals surface area contributed by atoms with E-state index in [1.165, 1.54) is 0 Å². The number of fused-ring (bicyclic) bond motifs is 1. The fourth-order valence-corrected chi connectivity index (χ4v) is 2.41. The van der Waals surface area contributed by atoms with Crippen molar-refractivity contribution in [2.24, 2.45) is 0 Å². The zero-order valence-corrected chi connectivity index (χ0v) is 11.2. The highest BCUT2D eigenvalue weighted by atomic mass is 35.5. The Kier molecular flexibility index (Phi) is 2.87. The van der Waals surface area contributed by atoms with Crippen LogP contribution in [-0.4, -0.2) is 14.5 Å². The van der Waals surface area contributed by atoms with Crippen molar-refractivity contribution in [3.8, 4) is 0 Å². The minimum atomic E-state index is 0.480. The Bertz CT molecular complexity index is 731. The number of nitrogens with zero attached hydrogens (tertiary/aromatic N) is 3. The third-order valence-corrected chi connectivity index (χ3v) is 3.40. The van der Waals surface area contributed by atoms with E-state index in [1.807, 2.05) is 37.3 Å². The summed E-state index contributed by atoms with van der Waals surface area (Å²) in [6.45, 7) is 2.67. The van der Waals surface area contributed by atoms with Crippen LogP contribution in [0.5, 0.6) is 0 Å². The molecule has 3 rings (SSSR count). The molecule has 0 aliphatic carbocycles. The van der Waals surface area contributed by atoms with E-state index in [4.69, 9.17) is 17.3 Å². The summed E-state index contributed by atoms with van der Waals surface area (Å²) < 4.78 is 2.07. The molecule has 0 bridgehead atoms. The number of halogens is 1. The minimum absolute atomic E-state index is 0.480. The predicted octanol–water partition coefficient (Wildman–Crippen LogP) is 3.02. The number of aryl methyl sites for hydroxylation is 1. The molecule has 0 atom stereocenters. The van der Waals surface area contributed by atoms with Gasteiger partial charge < -0.3 is 10.3 Å². The van der Waals surface area contributed by atoms with Crippen LogP contribution in [0.25, 0.3) is 11.0 Å². The first-order valence-electron chi connectivity index (χ1n) is 5.97. The molecule has 5 heteroatoms. The molecule has 0 amide bonds. The van der Waals surface area contributed by atoms with E-state index in [0.717, 1.165) is 28.1 Å². The van der Waals surface area contributed by atoms with Crippen LogP contribution in [0.3, 0.4) is 0 Å². The van der Waals surface area contributed by atoms with Gasteiger partial charge in [0.2, 0.25) is 0 Å². The van der Waals surface area contributed by atoms with Crippen molar-refractivity contribution in [2.45, 2.75) is 13.5 Å². The van der Waals surface area contributed by atoms with Crippen LogP contribution in [0.4, 0.5) is 5.69 Å². The molecule has 2 aromatic heterocycles. The molecule has 0 unspecified atom stereocenters. The second-order valence-electron chi connectivity index (χ2n) is 4.46. The van der Waals surface area contributed by atoms with Gasteiger partial charge in [-0.15, -0.1) is 0 Å². The summed E-state index contributed by atoms with van der Waals surface area (Å²) in [6, 6.07) is 9.66. The number of benzene rings is 1. The van der Waals surface area contributed by atoms with Gasteiger partial charge in [-0.2, -0.15) is 0 Å². The molecule has 2 heterocycles. The standard InChI is InChI=1S/C14H13ClN4/c1-9-18-12-6-7-17-14(15)13(12)19(9)8-10-2-4-11(16)5-3-10/h2-7H,8,16H2,1H3. The van der Waals surface area contributed by atoms with Crippen LogP contribution >= 0.6 is 11.6 Å². The summed E-state index contributed by atoms with van der Waals surface area (Å²) in [4.78, 5) is 8.62. The quantitative estimate of drug-likeness (QED) is 0.576. The van der Waals surface area contributed by atoms with Crippen molar-refractivity contribution in [3.05, 3.63) is 53.1 Å². The van der Waals surface area contributed by atoms with Gasteiger partial charge in [0.15, 0.2) is 5.15 Å². The van der Waals surface area contributed by atoms with E-state index in [9.17, 15) is 0 Å². The first-order chi connectivity index (χ1) is 9.15. The Labute approximate surface area is 115 Å². The highest BCUT2D eigenvalue weighted by Gasteiger charge is 2.11. The highest BCUT2D eigenvalue weighted by molar-refractivity contribution is 6.33. The van der Waals surface area contributed by atoms with Crippen LogP contribution < -0.4 is 5.73 Å². The smallest absolute Gasteiger partial charge is 0.154 e. The molecular formula is C14H13ClN4. The average Bonchev–Trinajstić information content (AvgIpc) is 2.70. The number of hydrogen-bond donors (Lipinski definition) is 1. The predicted molar refractivity (Wildman–Crippen MR) is 77.2 cm³/mol. The number of nitrogens with two attached hydrogens (primary N) is 1. The molecule has 19 heavy (non-hydrogen) atoms. The normalized spacial score (nSPS) is 11.1. The number of hydrogen-bond acceptors (Lipinski definition) is 3. The van der Waals surface area contributed by atoms with Crippen molar-refractivity contribution in [1.29, 1.82) is 0 Å². The maximum atomic E-state index is 6.18. The van der Waals surface area contributed by atoms with Crippen molar-refractivity contribution < 1.29 is 0 Å². The fourth-order valence-electron chi connectivity index (χ4n) is 2.15. The number of rotatable bonds is 2. The summed E-state index contributed by atoms with van der Waals surface area (Å²) in [7, 11) is 0. The summed E-state index contributed by atoms with van der Waals surface area (Å²) in [5.74, 6) is 0.918. The molecule has 0 saturated heterocycles. The van der Waals surface area contributed by atoms with E-state index in [2.05, 4.69) is 14.5 Å². The van der Waals surface area contributed by atoms with Crippen LogP contribution in [0.2, 0.25) is 5.15 Å². The zero-order valence-electron chi connectivity index (χ0n) is 10.5. The van der Waals surface area contributed by atoms with Gasteiger partial charge in [0.1, 0.15) is 11.3 Å². The topological polar surface area (TPSA) is 56.7 Å². The maximum absolute atomic E-state index is 6.18. The van der Waals surface area contributed by atoms with Crippen molar-refractivity contribution in [3.63, 3.8) is 0 Å². The molecular weight excluding hydrogens is 260 g/mol. The molecule has 4 nitrogen and oxygen atoms in total. The molecule has 0 aliphatic rings. The number of aromatic nitrogens is 3.